The van der Waals surface area contributed by atoms with Gasteiger partial charge in [0.15, 0.2) is 0 Å². The number of carbonyl (C=O) groups is 1. The van der Waals surface area contributed by atoms with Crippen LogP contribution in [0.5, 0.6) is 0 Å². The fraction of sp³-hybridized carbons (Fsp3) is 0.562. The first-order chi connectivity index (χ1) is 8.98. The molecule has 0 aromatic heterocycles. The van der Waals surface area contributed by atoms with Gasteiger partial charge in [0, 0.05) is 6.04 Å². The molecule has 2 rings (SSSR count). The molecule has 1 aromatic carbocycles. The smallest absolute Gasteiger partial charge is 0.325 e. The van der Waals surface area contributed by atoms with Gasteiger partial charge in [-0.1, -0.05) is 50.6 Å². The molecule has 0 radical (unpaired) electrons. The molecule has 1 aromatic rings. The van der Waals surface area contributed by atoms with Crippen molar-refractivity contribution < 1.29 is 9.90 Å². The number of carboxylic acids is 1. The maximum atomic E-state index is 11.5. The van der Waals surface area contributed by atoms with Crippen molar-refractivity contribution in [3.05, 3.63) is 35.9 Å². The Hall–Kier alpha value is -1.35. The van der Waals surface area contributed by atoms with Crippen LogP contribution in [0.15, 0.2) is 30.3 Å². The summed E-state index contributed by atoms with van der Waals surface area (Å²) in [6.45, 7) is 4.53. The molecule has 0 saturated heterocycles. The Morgan fingerprint density at radius 3 is 2.63 bits per heavy atom. The quantitative estimate of drug-likeness (QED) is 0.873. The highest BCUT2D eigenvalue weighted by Gasteiger charge is 2.31. The van der Waals surface area contributed by atoms with Crippen LogP contribution >= 0.6 is 0 Å². The van der Waals surface area contributed by atoms with E-state index in [0.717, 1.165) is 18.4 Å². The molecule has 1 aliphatic carbocycles. The van der Waals surface area contributed by atoms with Gasteiger partial charge in [-0.2, -0.15) is 0 Å². The third kappa shape index (κ3) is 3.80. The Morgan fingerprint density at radius 2 is 2.05 bits per heavy atom. The minimum Gasteiger partial charge on any atom is -0.480 e. The average molecular weight is 261 g/mol. The van der Waals surface area contributed by atoms with Gasteiger partial charge < -0.3 is 5.11 Å². The average Bonchev–Trinajstić information content (AvgIpc) is 2.35. The predicted molar refractivity (Wildman–Crippen MR) is 76.0 cm³/mol. The lowest BCUT2D eigenvalue weighted by atomic mass is 9.75. The van der Waals surface area contributed by atoms with Gasteiger partial charge in [-0.25, -0.2) is 0 Å². The van der Waals surface area contributed by atoms with Crippen molar-refractivity contribution >= 4 is 5.97 Å². The van der Waals surface area contributed by atoms with Crippen LogP contribution in [0.1, 0.15) is 51.1 Å². The number of benzene rings is 1. The molecule has 19 heavy (non-hydrogen) atoms. The highest BCUT2D eigenvalue weighted by molar-refractivity contribution is 5.75. The minimum atomic E-state index is -0.797. The van der Waals surface area contributed by atoms with Gasteiger partial charge in [-0.15, -0.1) is 0 Å². The van der Waals surface area contributed by atoms with Gasteiger partial charge in [0.2, 0.25) is 0 Å². The van der Waals surface area contributed by atoms with Crippen molar-refractivity contribution in [1.29, 1.82) is 0 Å². The molecule has 1 fully saturated rings. The molecular weight excluding hydrogens is 238 g/mol. The summed E-state index contributed by atoms with van der Waals surface area (Å²) in [5, 5.41) is 12.8. The maximum absolute atomic E-state index is 11.5. The molecule has 1 aliphatic rings. The van der Waals surface area contributed by atoms with E-state index in [2.05, 4.69) is 19.2 Å². The van der Waals surface area contributed by atoms with Gasteiger partial charge in [-0.05, 0) is 30.2 Å². The minimum absolute atomic E-state index is 0.296. The fourth-order valence-corrected chi connectivity index (χ4v) is 3.03. The molecule has 2 unspecified atom stereocenters. The summed E-state index contributed by atoms with van der Waals surface area (Å²) in [4.78, 5) is 11.5. The van der Waals surface area contributed by atoms with E-state index in [1.165, 1.54) is 12.8 Å². The zero-order valence-electron chi connectivity index (χ0n) is 11.7. The van der Waals surface area contributed by atoms with E-state index in [9.17, 15) is 9.90 Å². The summed E-state index contributed by atoms with van der Waals surface area (Å²) in [5.41, 5.74) is 1.15. The lowest BCUT2D eigenvalue weighted by molar-refractivity contribution is -0.140. The van der Waals surface area contributed by atoms with Gasteiger partial charge in [-0.3, -0.25) is 10.1 Å². The van der Waals surface area contributed by atoms with Crippen molar-refractivity contribution in [3.8, 4) is 0 Å². The van der Waals surface area contributed by atoms with Crippen molar-refractivity contribution in [2.45, 2.75) is 51.6 Å². The number of carboxylic acid groups (broad SMARTS) is 1. The van der Waals surface area contributed by atoms with Gasteiger partial charge in [0.25, 0.3) is 0 Å². The summed E-state index contributed by atoms with van der Waals surface area (Å²) >= 11 is 0. The number of nitrogens with one attached hydrogen (secondary N) is 1. The molecular formula is C16H23NO2. The normalized spacial score (nSPS) is 23.8. The van der Waals surface area contributed by atoms with Crippen molar-refractivity contribution in [1.82, 2.24) is 5.32 Å². The topological polar surface area (TPSA) is 49.3 Å². The third-order valence-corrected chi connectivity index (χ3v) is 3.99. The molecule has 0 amide bonds. The molecule has 0 bridgehead atoms. The maximum Gasteiger partial charge on any atom is 0.325 e. The predicted octanol–water partition coefficient (Wildman–Crippen LogP) is 3.37. The molecule has 3 heteroatoms. The van der Waals surface area contributed by atoms with Crippen LogP contribution in [-0.2, 0) is 4.79 Å². The Morgan fingerprint density at radius 1 is 1.37 bits per heavy atom. The summed E-state index contributed by atoms with van der Waals surface area (Å²) in [6, 6.07) is 9.13. The van der Waals surface area contributed by atoms with Crippen LogP contribution in [-0.4, -0.2) is 17.1 Å². The second-order valence-corrected chi connectivity index (χ2v) is 6.31. The van der Waals surface area contributed by atoms with Gasteiger partial charge in [0.1, 0.15) is 6.04 Å². The first kappa shape index (κ1) is 14.1. The van der Waals surface area contributed by atoms with Crippen LogP contribution in [0, 0.1) is 5.41 Å². The first-order valence-electron chi connectivity index (χ1n) is 7.02. The van der Waals surface area contributed by atoms with Crippen LogP contribution < -0.4 is 5.32 Å². The Balaban J connectivity index is 2.08. The monoisotopic (exact) mass is 261 g/mol. The Labute approximate surface area is 115 Å². The lowest BCUT2D eigenvalue weighted by Crippen LogP contribution is -2.41. The van der Waals surface area contributed by atoms with E-state index in [1.807, 2.05) is 30.3 Å². The van der Waals surface area contributed by atoms with E-state index < -0.39 is 12.0 Å². The van der Waals surface area contributed by atoms with Crippen LogP contribution in [0.4, 0.5) is 0 Å². The van der Waals surface area contributed by atoms with E-state index in [4.69, 9.17) is 0 Å². The SMILES string of the molecule is CC1(C)CCCC(NC(C(=O)O)c2ccccc2)C1. The lowest BCUT2D eigenvalue weighted by Gasteiger charge is -2.37. The number of rotatable bonds is 4. The van der Waals surface area contributed by atoms with E-state index in [-0.39, 0.29) is 0 Å². The number of aliphatic carboxylic acids is 1. The van der Waals surface area contributed by atoms with Crippen LogP contribution in [0.2, 0.25) is 0 Å². The molecule has 3 nitrogen and oxygen atoms in total. The van der Waals surface area contributed by atoms with Crippen molar-refractivity contribution in [2.75, 3.05) is 0 Å². The largest absolute Gasteiger partial charge is 0.480 e. The van der Waals surface area contributed by atoms with E-state index in [1.54, 1.807) is 0 Å². The summed E-state index contributed by atoms with van der Waals surface area (Å²) in [7, 11) is 0. The number of hydrogen-bond acceptors (Lipinski definition) is 2. The first-order valence-corrected chi connectivity index (χ1v) is 7.02. The third-order valence-electron chi connectivity index (χ3n) is 3.99. The van der Waals surface area contributed by atoms with Gasteiger partial charge in [0.05, 0.1) is 0 Å². The highest BCUT2D eigenvalue weighted by atomic mass is 16.4. The molecule has 1 saturated carbocycles. The zero-order chi connectivity index (χ0) is 13.9. The molecule has 2 atom stereocenters. The van der Waals surface area contributed by atoms with E-state index in [0.29, 0.717) is 11.5 Å². The molecule has 0 heterocycles. The van der Waals surface area contributed by atoms with Crippen molar-refractivity contribution in [3.63, 3.8) is 0 Å². The number of hydrogen-bond donors (Lipinski definition) is 2. The summed E-state index contributed by atoms with van der Waals surface area (Å²) < 4.78 is 0. The second-order valence-electron chi connectivity index (χ2n) is 6.31. The van der Waals surface area contributed by atoms with Crippen LogP contribution in [0.25, 0.3) is 0 Å². The van der Waals surface area contributed by atoms with Crippen LogP contribution in [0.3, 0.4) is 0 Å². The van der Waals surface area contributed by atoms with Crippen molar-refractivity contribution in [2.24, 2.45) is 5.41 Å². The second kappa shape index (κ2) is 5.74. The fourth-order valence-electron chi connectivity index (χ4n) is 3.03. The molecule has 0 aliphatic heterocycles. The summed E-state index contributed by atoms with van der Waals surface area (Å²) in [5.74, 6) is -0.797. The molecule has 104 valence electrons. The van der Waals surface area contributed by atoms with Gasteiger partial charge >= 0.3 is 5.97 Å². The summed E-state index contributed by atoms with van der Waals surface area (Å²) in [6.07, 6.45) is 4.52. The highest BCUT2D eigenvalue weighted by Crippen LogP contribution is 2.35. The standard InChI is InChI=1S/C16H23NO2/c1-16(2)10-6-9-13(11-16)17-14(15(18)19)12-7-4-3-5-8-12/h3-5,7-8,13-14,17H,6,9-11H2,1-2H3,(H,18,19). The molecule has 2 N–H and O–H groups in total. The van der Waals surface area contributed by atoms with E-state index >= 15 is 0 Å². The molecule has 0 spiro atoms. The Bertz CT molecular complexity index is 428. The Kier molecular flexibility index (Phi) is 4.25. The zero-order valence-corrected chi connectivity index (χ0v) is 11.7.